The molecule has 5 heteroatoms. The van der Waals surface area contributed by atoms with E-state index in [0.717, 1.165) is 43.0 Å². The molecule has 1 fully saturated rings. The van der Waals surface area contributed by atoms with Gasteiger partial charge in [-0.2, -0.15) is 5.26 Å². The lowest BCUT2D eigenvalue weighted by Gasteiger charge is -2.39. The Balaban J connectivity index is 1.73. The molecule has 2 aromatic rings. The van der Waals surface area contributed by atoms with Gasteiger partial charge in [0.25, 0.3) is 6.47 Å². The number of anilines is 1. The van der Waals surface area contributed by atoms with E-state index in [1.807, 2.05) is 49.4 Å². The number of carbonyl (C=O) groups is 1. The van der Waals surface area contributed by atoms with Crippen LogP contribution in [0.2, 0.25) is 0 Å². The largest absolute Gasteiger partial charge is 0.444 e. The Labute approximate surface area is 148 Å². The van der Waals surface area contributed by atoms with Gasteiger partial charge in [0.1, 0.15) is 0 Å². The summed E-state index contributed by atoms with van der Waals surface area (Å²) in [5.41, 5.74) is 3.81. The molecule has 1 aliphatic heterocycles. The van der Waals surface area contributed by atoms with Crippen LogP contribution in [-0.4, -0.2) is 37.6 Å². The maximum atomic E-state index is 10.9. The molecule has 0 aromatic heterocycles. The predicted octanol–water partition coefficient (Wildman–Crippen LogP) is 2.86. The molecule has 0 saturated carbocycles. The van der Waals surface area contributed by atoms with Crippen molar-refractivity contribution in [3.63, 3.8) is 0 Å². The third-order valence-corrected chi connectivity index (χ3v) is 4.68. The average Bonchev–Trinajstić information content (AvgIpc) is 2.67. The number of carbonyl (C=O) groups excluding carboxylic acids is 1. The number of ether oxygens (including phenoxy) is 1. The second-order valence-electron chi connectivity index (χ2n) is 6.08. The van der Waals surface area contributed by atoms with Crippen molar-refractivity contribution in [2.45, 2.75) is 13.2 Å². The van der Waals surface area contributed by atoms with Crippen LogP contribution in [0.1, 0.15) is 22.9 Å². The van der Waals surface area contributed by atoms with Crippen LogP contribution in [0.3, 0.4) is 0 Å². The minimum atomic E-state index is -0.354. The summed E-state index contributed by atoms with van der Waals surface area (Å²) in [6.07, 6.45) is -0.354. The van der Waals surface area contributed by atoms with E-state index in [1.54, 1.807) is 0 Å². The molecular formula is C20H21N3O2. The molecule has 1 saturated heterocycles. The van der Waals surface area contributed by atoms with Crippen molar-refractivity contribution in [1.29, 1.82) is 5.26 Å². The first kappa shape index (κ1) is 17.0. The van der Waals surface area contributed by atoms with Crippen LogP contribution < -0.4 is 4.90 Å². The normalized spacial score (nSPS) is 16.1. The van der Waals surface area contributed by atoms with E-state index >= 15 is 0 Å². The molecular weight excluding hydrogens is 314 g/mol. The predicted molar refractivity (Wildman–Crippen MR) is 96.0 cm³/mol. The van der Waals surface area contributed by atoms with Gasteiger partial charge >= 0.3 is 0 Å². The first-order valence-corrected chi connectivity index (χ1v) is 8.37. The zero-order valence-electron chi connectivity index (χ0n) is 14.3. The van der Waals surface area contributed by atoms with Gasteiger partial charge in [-0.15, -0.1) is 0 Å². The van der Waals surface area contributed by atoms with E-state index < -0.39 is 0 Å². The number of benzene rings is 2. The van der Waals surface area contributed by atoms with Crippen LogP contribution in [0.4, 0.5) is 5.69 Å². The number of rotatable bonds is 5. The highest BCUT2D eigenvalue weighted by atomic mass is 16.5. The molecule has 1 heterocycles. The smallest absolute Gasteiger partial charge is 0.294 e. The Morgan fingerprint density at radius 1 is 1.08 bits per heavy atom. The van der Waals surface area contributed by atoms with Gasteiger partial charge in [-0.1, -0.05) is 36.4 Å². The molecule has 2 aromatic carbocycles. The van der Waals surface area contributed by atoms with Crippen molar-refractivity contribution >= 4 is 12.2 Å². The Bertz CT molecular complexity index is 762. The van der Waals surface area contributed by atoms with Crippen molar-refractivity contribution in [2.75, 3.05) is 31.1 Å². The van der Waals surface area contributed by atoms with Gasteiger partial charge in [0.15, 0.2) is 6.23 Å². The van der Waals surface area contributed by atoms with Crippen LogP contribution in [0, 0.1) is 18.3 Å². The van der Waals surface area contributed by atoms with E-state index in [4.69, 9.17) is 4.74 Å². The number of piperazine rings is 1. The van der Waals surface area contributed by atoms with Gasteiger partial charge in [-0.3, -0.25) is 9.69 Å². The van der Waals surface area contributed by atoms with E-state index in [0.29, 0.717) is 12.0 Å². The summed E-state index contributed by atoms with van der Waals surface area (Å²) in [4.78, 5) is 15.4. The molecule has 0 amide bonds. The van der Waals surface area contributed by atoms with Gasteiger partial charge in [0.05, 0.1) is 11.6 Å². The maximum Gasteiger partial charge on any atom is 0.294 e. The monoisotopic (exact) mass is 335 g/mol. The van der Waals surface area contributed by atoms with Gasteiger partial charge in [-0.05, 0) is 24.6 Å². The number of hydrogen-bond acceptors (Lipinski definition) is 5. The van der Waals surface area contributed by atoms with Gasteiger partial charge in [0.2, 0.25) is 0 Å². The van der Waals surface area contributed by atoms with Crippen LogP contribution >= 0.6 is 0 Å². The quantitative estimate of drug-likeness (QED) is 0.787. The van der Waals surface area contributed by atoms with E-state index in [2.05, 4.69) is 21.9 Å². The fourth-order valence-corrected chi connectivity index (χ4v) is 3.33. The molecule has 25 heavy (non-hydrogen) atoms. The van der Waals surface area contributed by atoms with Gasteiger partial charge < -0.3 is 9.64 Å². The lowest BCUT2D eigenvalue weighted by molar-refractivity contribution is -0.144. The third-order valence-electron chi connectivity index (χ3n) is 4.68. The summed E-state index contributed by atoms with van der Waals surface area (Å²) < 4.78 is 5.35. The summed E-state index contributed by atoms with van der Waals surface area (Å²) in [6, 6.07) is 17.9. The molecule has 5 nitrogen and oxygen atoms in total. The van der Waals surface area contributed by atoms with Crippen LogP contribution in [0.5, 0.6) is 0 Å². The third kappa shape index (κ3) is 3.65. The Morgan fingerprint density at radius 2 is 1.80 bits per heavy atom. The SMILES string of the molecule is Cc1c(C#N)cccc1N1CCN(C(OC=O)c2ccccc2)CC1. The average molecular weight is 335 g/mol. The molecule has 1 unspecified atom stereocenters. The Kier molecular flexibility index (Phi) is 5.32. The first-order valence-electron chi connectivity index (χ1n) is 8.37. The summed E-state index contributed by atoms with van der Waals surface area (Å²) in [7, 11) is 0. The van der Waals surface area contributed by atoms with Crippen molar-refractivity contribution < 1.29 is 9.53 Å². The minimum absolute atomic E-state index is 0.354. The number of nitriles is 1. The molecule has 128 valence electrons. The molecule has 1 atom stereocenters. The number of hydrogen-bond donors (Lipinski definition) is 0. The lowest BCUT2D eigenvalue weighted by Crippen LogP contribution is -2.48. The van der Waals surface area contributed by atoms with Crippen molar-refractivity contribution in [3.8, 4) is 6.07 Å². The van der Waals surface area contributed by atoms with E-state index in [-0.39, 0.29) is 6.23 Å². The van der Waals surface area contributed by atoms with Crippen molar-refractivity contribution in [2.24, 2.45) is 0 Å². The molecule has 0 spiro atoms. The summed E-state index contributed by atoms with van der Waals surface area (Å²) in [5.74, 6) is 0. The highest BCUT2D eigenvalue weighted by Gasteiger charge is 2.26. The van der Waals surface area contributed by atoms with E-state index in [9.17, 15) is 10.1 Å². The second kappa shape index (κ2) is 7.82. The maximum absolute atomic E-state index is 10.9. The van der Waals surface area contributed by atoms with E-state index in [1.165, 1.54) is 0 Å². The molecule has 0 radical (unpaired) electrons. The zero-order chi connectivity index (χ0) is 17.6. The summed E-state index contributed by atoms with van der Waals surface area (Å²) in [5, 5.41) is 9.21. The van der Waals surface area contributed by atoms with Crippen LogP contribution in [-0.2, 0) is 9.53 Å². The molecule has 0 bridgehead atoms. The highest BCUT2D eigenvalue weighted by molar-refractivity contribution is 5.59. The van der Waals surface area contributed by atoms with Crippen molar-refractivity contribution in [1.82, 2.24) is 4.90 Å². The molecule has 0 aliphatic carbocycles. The lowest BCUT2D eigenvalue weighted by atomic mass is 10.1. The highest BCUT2D eigenvalue weighted by Crippen LogP contribution is 2.27. The molecule has 0 N–H and O–H groups in total. The van der Waals surface area contributed by atoms with Gasteiger partial charge in [0, 0.05) is 37.4 Å². The van der Waals surface area contributed by atoms with Crippen LogP contribution in [0.15, 0.2) is 48.5 Å². The standard InChI is InChI=1S/C20H21N3O2/c1-16-18(14-21)8-5-9-19(16)22-10-12-23(13-11-22)20(25-15-24)17-6-3-2-4-7-17/h2-9,15,20H,10-13H2,1H3. The number of nitrogens with zero attached hydrogens (tertiary/aromatic N) is 3. The minimum Gasteiger partial charge on any atom is -0.444 e. The topological polar surface area (TPSA) is 56.6 Å². The van der Waals surface area contributed by atoms with Gasteiger partial charge in [-0.25, -0.2) is 0 Å². The van der Waals surface area contributed by atoms with Crippen LogP contribution in [0.25, 0.3) is 0 Å². The van der Waals surface area contributed by atoms with Crippen molar-refractivity contribution in [3.05, 3.63) is 65.2 Å². The molecule has 3 rings (SSSR count). The molecule has 1 aliphatic rings. The second-order valence-corrected chi connectivity index (χ2v) is 6.08. The zero-order valence-corrected chi connectivity index (χ0v) is 14.3. The fourth-order valence-electron chi connectivity index (χ4n) is 3.33. The Hall–Kier alpha value is -2.84. The summed E-state index contributed by atoms with van der Waals surface area (Å²) in [6.45, 7) is 5.71. The fraction of sp³-hybridized carbons (Fsp3) is 0.300. The first-order chi connectivity index (χ1) is 12.2. The summed E-state index contributed by atoms with van der Waals surface area (Å²) >= 11 is 0. The Morgan fingerprint density at radius 3 is 2.44 bits per heavy atom.